The number of nitrogens with one attached hydrogen (secondary N) is 1. The number of urea groups is 1. The number of carbonyl (C=O) groups excluding carboxylic acids is 1. The van der Waals surface area contributed by atoms with Gasteiger partial charge in [0.25, 0.3) is 0 Å². The summed E-state index contributed by atoms with van der Waals surface area (Å²) in [6.45, 7) is 6.83. The zero-order valence-corrected chi connectivity index (χ0v) is 15.4. The Morgan fingerprint density at radius 2 is 2.38 bits per heavy atom. The Morgan fingerprint density at radius 1 is 1.50 bits per heavy atom. The van der Waals surface area contributed by atoms with Crippen molar-refractivity contribution in [1.29, 1.82) is 0 Å². The predicted octanol–water partition coefficient (Wildman–Crippen LogP) is 3.00. The SMILES string of the molecule is CCOCc1cnc(C)nc1C1CCCN(C(=O)NCc2ccco2)C1. The van der Waals surface area contributed by atoms with Gasteiger partial charge in [0, 0.05) is 37.4 Å². The van der Waals surface area contributed by atoms with Crippen molar-refractivity contribution in [3.63, 3.8) is 0 Å². The van der Waals surface area contributed by atoms with Crippen LogP contribution in [-0.4, -0.2) is 40.6 Å². The lowest BCUT2D eigenvalue weighted by atomic mass is 9.92. The molecule has 1 unspecified atom stereocenters. The van der Waals surface area contributed by atoms with E-state index in [2.05, 4.69) is 15.3 Å². The first-order valence-electron chi connectivity index (χ1n) is 9.12. The molecule has 0 spiro atoms. The molecule has 0 aliphatic carbocycles. The summed E-state index contributed by atoms with van der Waals surface area (Å²) in [7, 11) is 0. The summed E-state index contributed by atoms with van der Waals surface area (Å²) in [5.41, 5.74) is 2.02. The van der Waals surface area contributed by atoms with Crippen LogP contribution >= 0.6 is 0 Å². The molecule has 0 radical (unpaired) electrons. The van der Waals surface area contributed by atoms with Crippen LogP contribution in [0.1, 0.15) is 48.5 Å². The van der Waals surface area contributed by atoms with Crippen molar-refractivity contribution in [3.05, 3.63) is 47.4 Å². The number of piperidine rings is 1. The summed E-state index contributed by atoms with van der Waals surface area (Å²) in [4.78, 5) is 23.3. The van der Waals surface area contributed by atoms with E-state index in [1.807, 2.05) is 37.1 Å². The number of carbonyl (C=O) groups is 1. The van der Waals surface area contributed by atoms with Crippen LogP contribution in [0.4, 0.5) is 4.79 Å². The molecule has 1 N–H and O–H groups in total. The zero-order valence-electron chi connectivity index (χ0n) is 15.4. The van der Waals surface area contributed by atoms with Crippen LogP contribution in [0.2, 0.25) is 0 Å². The Balaban J connectivity index is 1.66. The molecule has 1 aliphatic heterocycles. The van der Waals surface area contributed by atoms with Crippen molar-refractivity contribution in [1.82, 2.24) is 20.2 Å². The van der Waals surface area contributed by atoms with Gasteiger partial charge in [-0.2, -0.15) is 0 Å². The Bertz CT molecular complexity index is 718. The lowest BCUT2D eigenvalue weighted by Crippen LogP contribution is -2.45. The molecule has 3 rings (SSSR count). The van der Waals surface area contributed by atoms with E-state index in [1.165, 1.54) is 0 Å². The molecule has 1 fully saturated rings. The number of hydrogen-bond donors (Lipinski definition) is 1. The fraction of sp³-hybridized carbons (Fsp3) is 0.526. The van der Waals surface area contributed by atoms with E-state index in [1.54, 1.807) is 6.26 Å². The van der Waals surface area contributed by atoms with Gasteiger partial charge in [0.1, 0.15) is 11.6 Å². The van der Waals surface area contributed by atoms with E-state index in [4.69, 9.17) is 9.15 Å². The van der Waals surface area contributed by atoms with Gasteiger partial charge in [-0.25, -0.2) is 14.8 Å². The van der Waals surface area contributed by atoms with E-state index in [-0.39, 0.29) is 11.9 Å². The Labute approximate surface area is 153 Å². The van der Waals surface area contributed by atoms with Gasteiger partial charge in [-0.1, -0.05) is 0 Å². The van der Waals surface area contributed by atoms with E-state index in [0.29, 0.717) is 26.3 Å². The first-order chi connectivity index (χ1) is 12.7. The van der Waals surface area contributed by atoms with Gasteiger partial charge in [0.15, 0.2) is 0 Å². The summed E-state index contributed by atoms with van der Waals surface area (Å²) < 4.78 is 10.8. The third kappa shape index (κ3) is 4.60. The van der Waals surface area contributed by atoms with Gasteiger partial charge in [-0.05, 0) is 38.8 Å². The molecule has 2 amide bonds. The number of ether oxygens (including phenoxy) is 1. The summed E-state index contributed by atoms with van der Waals surface area (Å²) >= 11 is 0. The van der Waals surface area contributed by atoms with Crippen molar-refractivity contribution in [3.8, 4) is 0 Å². The minimum absolute atomic E-state index is 0.0664. The maximum absolute atomic E-state index is 12.5. The molecule has 7 nitrogen and oxygen atoms in total. The number of hydrogen-bond acceptors (Lipinski definition) is 5. The number of amides is 2. The van der Waals surface area contributed by atoms with Gasteiger partial charge in [0.2, 0.25) is 0 Å². The molecule has 0 saturated carbocycles. The average Bonchev–Trinajstić information content (AvgIpc) is 3.19. The number of rotatable bonds is 6. The zero-order chi connectivity index (χ0) is 18.4. The van der Waals surface area contributed by atoms with Crippen molar-refractivity contribution in [2.75, 3.05) is 19.7 Å². The van der Waals surface area contributed by atoms with Crippen LogP contribution in [0.5, 0.6) is 0 Å². The molecule has 140 valence electrons. The molecule has 2 aromatic heterocycles. The molecule has 7 heteroatoms. The fourth-order valence-corrected chi connectivity index (χ4v) is 3.26. The highest BCUT2D eigenvalue weighted by molar-refractivity contribution is 5.74. The molecular formula is C19H26N4O3. The van der Waals surface area contributed by atoms with Gasteiger partial charge >= 0.3 is 6.03 Å². The van der Waals surface area contributed by atoms with Crippen LogP contribution in [0, 0.1) is 6.92 Å². The minimum atomic E-state index is -0.0664. The molecule has 0 bridgehead atoms. The first-order valence-corrected chi connectivity index (χ1v) is 9.12. The van der Waals surface area contributed by atoms with Crippen molar-refractivity contribution in [2.45, 2.75) is 45.8 Å². The number of nitrogens with zero attached hydrogens (tertiary/aromatic N) is 3. The van der Waals surface area contributed by atoms with E-state index in [0.717, 1.165) is 42.2 Å². The third-order valence-electron chi connectivity index (χ3n) is 4.57. The Hall–Kier alpha value is -2.41. The van der Waals surface area contributed by atoms with Crippen LogP contribution in [0.3, 0.4) is 0 Å². The quantitative estimate of drug-likeness (QED) is 0.858. The van der Waals surface area contributed by atoms with Crippen molar-refractivity contribution in [2.24, 2.45) is 0 Å². The normalized spacial score (nSPS) is 17.3. The van der Waals surface area contributed by atoms with E-state index in [9.17, 15) is 4.79 Å². The van der Waals surface area contributed by atoms with Crippen LogP contribution in [0.25, 0.3) is 0 Å². The smallest absolute Gasteiger partial charge is 0.317 e. The number of furan rings is 1. The molecule has 2 aromatic rings. The summed E-state index contributed by atoms with van der Waals surface area (Å²) in [6.07, 6.45) is 5.42. The fourth-order valence-electron chi connectivity index (χ4n) is 3.26. The van der Waals surface area contributed by atoms with Gasteiger partial charge in [-0.15, -0.1) is 0 Å². The second kappa shape index (κ2) is 8.80. The standard InChI is InChI=1S/C19H26N4O3/c1-3-25-13-16-10-20-14(2)22-18(16)15-6-4-8-23(12-15)19(24)21-11-17-7-5-9-26-17/h5,7,9-10,15H,3-4,6,8,11-13H2,1-2H3,(H,21,24). The number of aromatic nitrogens is 2. The first kappa shape index (κ1) is 18.4. The third-order valence-corrected chi connectivity index (χ3v) is 4.57. The van der Waals surface area contributed by atoms with Gasteiger partial charge in [-0.3, -0.25) is 0 Å². The highest BCUT2D eigenvalue weighted by atomic mass is 16.5. The van der Waals surface area contributed by atoms with Gasteiger partial charge in [0.05, 0.1) is 25.1 Å². The van der Waals surface area contributed by atoms with Crippen LogP contribution in [0.15, 0.2) is 29.0 Å². The highest BCUT2D eigenvalue weighted by Gasteiger charge is 2.27. The van der Waals surface area contributed by atoms with Crippen molar-refractivity contribution >= 4 is 6.03 Å². The summed E-state index contributed by atoms with van der Waals surface area (Å²) in [5.74, 6) is 1.70. The molecule has 1 aliphatic rings. The number of likely N-dealkylation sites (tertiary alicyclic amines) is 1. The largest absolute Gasteiger partial charge is 0.467 e. The molecule has 0 aromatic carbocycles. The number of aryl methyl sites for hydroxylation is 1. The van der Waals surface area contributed by atoms with Crippen LogP contribution < -0.4 is 5.32 Å². The molecule has 3 heterocycles. The Kier molecular flexibility index (Phi) is 6.22. The monoisotopic (exact) mass is 358 g/mol. The van der Waals surface area contributed by atoms with Crippen LogP contribution in [-0.2, 0) is 17.9 Å². The van der Waals surface area contributed by atoms with E-state index < -0.39 is 0 Å². The molecule has 26 heavy (non-hydrogen) atoms. The summed E-state index contributed by atoms with van der Waals surface area (Å²) in [6, 6.07) is 3.60. The second-order valence-electron chi connectivity index (χ2n) is 6.49. The lowest BCUT2D eigenvalue weighted by Gasteiger charge is -2.33. The van der Waals surface area contributed by atoms with Gasteiger partial charge < -0.3 is 19.4 Å². The molecular weight excluding hydrogens is 332 g/mol. The summed E-state index contributed by atoms with van der Waals surface area (Å²) in [5, 5.41) is 2.92. The molecule has 1 saturated heterocycles. The minimum Gasteiger partial charge on any atom is -0.467 e. The maximum Gasteiger partial charge on any atom is 0.317 e. The lowest BCUT2D eigenvalue weighted by molar-refractivity contribution is 0.131. The molecule has 1 atom stereocenters. The van der Waals surface area contributed by atoms with E-state index >= 15 is 0 Å². The van der Waals surface area contributed by atoms with Crippen molar-refractivity contribution < 1.29 is 13.9 Å². The second-order valence-corrected chi connectivity index (χ2v) is 6.49. The topological polar surface area (TPSA) is 80.5 Å². The Morgan fingerprint density at radius 3 is 3.15 bits per heavy atom. The maximum atomic E-state index is 12.5. The average molecular weight is 358 g/mol. The highest BCUT2D eigenvalue weighted by Crippen LogP contribution is 2.28. The predicted molar refractivity (Wildman–Crippen MR) is 96.6 cm³/mol.